The highest BCUT2D eigenvalue weighted by molar-refractivity contribution is 7.48. The first-order chi connectivity index (χ1) is 21.5. The molecule has 2 rings (SSSR count). The lowest BCUT2D eigenvalue weighted by Crippen LogP contribution is -2.38. The molecule has 0 atom stereocenters. The van der Waals surface area contributed by atoms with E-state index < -0.39 is 54.2 Å². The molecule has 2 aromatic rings. The summed E-state index contributed by atoms with van der Waals surface area (Å²) in [7, 11) is -1.33. The fraction of sp³-hybridized carbons (Fsp3) is 0.621. The zero-order valence-corrected chi connectivity index (χ0v) is 29.6. The fourth-order valence-corrected chi connectivity index (χ4v) is 5.43. The predicted molar refractivity (Wildman–Crippen MR) is 170 cm³/mol. The van der Waals surface area contributed by atoms with Crippen LogP contribution in [-0.4, -0.2) is 77.6 Å². The minimum Gasteiger partial charge on any atom is -0.493 e. The van der Waals surface area contributed by atoms with Crippen LogP contribution >= 0.6 is 7.82 Å². The Morgan fingerprint density at radius 2 is 1.43 bits per heavy atom. The third-order valence-electron chi connectivity index (χ3n) is 5.30. The number of phosphoric ester groups is 1. The van der Waals surface area contributed by atoms with Crippen molar-refractivity contribution in [3.8, 4) is 17.2 Å². The van der Waals surface area contributed by atoms with Crippen LogP contribution in [0, 0.1) is 10.1 Å². The molecule has 0 aliphatic heterocycles. The van der Waals surface area contributed by atoms with E-state index in [0.717, 1.165) is 10.7 Å². The molecular formula is C29H46N5O12P. The monoisotopic (exact) mass is 687 g/mol. The summed E-state index contributed by atoms with van der Waals surface area (Å²) in [6, 6.07) is 4.10. The zero-order valence-electron chi connectivity index (χ0n) is 28.7. The minimum absolute atomic E-state index is 0.0262. The summed E-state index contributed by atoms with van der Waals surface area (Å²) in [5.41, 5.74) is -2.14. The van der Waals surface area contributed by atoms with Crippen LogP contribution in [0.4, 0.5) is 10.6 Å². The Hall–Kier alpha value is -3.92. The van der Waals surface area contributed by atoms with Crippen molar-refractivity contribution in [2.24, 2.45) is 0 Å². The molecule has 0 aliphatic carbocycles. The first-order valence-corrected chi connectivity index (χ1v) is 16.0. The van der Waals surface area contributed by atoms with Gasteiger partial charge in [0.15, 0.2) is 17.2 Å². The number of ether oxygens (including phenoxy) is 4. The van der Waals surface area contributed by atoms with Gasteiger partial charge < -0.3 is 39.7 Å². The van der Waals surface area contributed by atoms with Crippen molar-refractivity contribution in [2.75, 3.05) is 34.1 Å². The first kappa shape index (κ1) is 39.3. The van der Waals surface area contributed by atoms with Crippen molar-refractivity contribution in [2.45, 2.75) is 85.7 Å². The van der Waals surface area contributed by atoms with Gasteiger partial charge in [-0.15, -0.1) is 4.68 Å². The van der Waals surface area contributed by atoms with Gasteiger partial charge in [0.05, 0.1) is 31.5 Å². The second-order valence-corrected chi connectivity index (χ2v) is 14.6. The van der Waals surface area contributed by atoms with Gasteiger partial charge in [-0.2, -0.15) is 0 Å². The van der Waals surface area contributed by atoms with Crippen LogP contribution in [0.5, 0.6) is 17.2 Å². The van der Waals surface area contributed by atoms with E-state index in [9.17, 15) is 24.3 Å². The molecule has 18 heteroatoms. The molecule has 0 spiro atoms. The molecule has 17 nitrogen and oxygen atoms in total. The number of hydrogen-bond donors (Lipinski definition) is 2. The summed E-state index contributed by atoms with van der Waals surface area (Å²) in [4.78, 5) is 35.6. The van der Waals surface area contributed by atoms with Crippen LogP contribution in [0.2, 0.25) is 0 Å². The second-order valence-electron chi connectivity index (χ2n) is 13.1. The number of alkyl carbamates (subject to hydrolysis) is 1. The van der Waals surface area contributed by atoms with Gasteiger partial charge in [0.2, 0.25) is 12.5 Å². The maximum atomic E-state index is 13.4. The standard InChI is InChI=1S/C29H46N5O12P/c1-27(2,3)44-26(36)31-13-12-30-25(35)20-16-23(34(37)38)33(32-20)17-19-14-21(40-10)24(22(15-19)41-11)42-18-43-47(39,45-28(4,5)6)46-29(7,8)9/h14-16H,12-13,17-18H2,1-11H3,(H,30,35)(H,31,36). The van der Waals surface area contributed by atoms with E-state index in [1.54, 1.807) is 62.3 Å². The Balaban J connectivity index is 2.21. The Morgan fingerprint density at radius 3 is 1.89 bits per heavy atom. The number of nitrogens with zero attached hydrogens (tertiary/aromatic N) is 3. The van der Waals surface area contributed by atoms with Gasteiger partial charge in [-0.1, -0.05) is 5.10 Å². The molecule has 1 aromatic carbocycles. The molecule has 0 aliphatic rings. The summed E-state index contributed by atoms with van der Waals surface area (Å²) in [5, 5.41) is 21.0. The summed E-state index contributed by atoms with van der Waals surface area (Å²) in [5.74, 6) is -0.707. The molecule has 1 aromatic heterocycles. The van der Waals surface area contributed by atoms with Gasteiger partial charge >= 0.3 is 19.7 Å². The Bertz CT molecular complexity index is 1410. The van der Waals surface area contributed by atoms with Crippen LogP contribution in [0.1, 0.15) is 78.4 Å². The molecule has 264 valence electrons. The van der Waals surface area contributed by atoms with Gasteiger partial charge in [0, 0.05) is 18.7 Å². The van der Waals surface area contributed by atoms with Crippen LogP contribution in [0.3, 0.4) is 0 Å². The summed E-state index contributed by atoms with van der Waals surface area (Å²) < 4.78 is 52.9. The first-order valence-electron chi connectivity index (χ1n) is 14.6. The van der Waals surface area contributed by atoms with Gasteiger partial charge in [0.1, 0.15) is 12.1 Å². The maximum Gasteiger partial charge on any atom is 0.478 e. The third kappa shape index (κ3) is 13.4. The number of benzene rings is 1. The topological polar surface area (TPSA) is 201 Å². The van der Waals surface area contributed by atoms with E-state index in [0.29, 0.717) is 5.56 Å². The van der Waals surface area contributed by atoms with Crippen LogP contribution in [0.15, 0.2) is 18.2 Å². The average Bonchev–Trinajstić information content (AvgIpc) is 3.32. The normalized spacial score (nSPS) is 12.3. The molecule has 2 N–H and O–H groups in total. The molecule has 0 radical (unpaired) electrons. The van der Waals surface area contributed by atoms with E-state index >= 15 is 0 Å². The minimum atomic E-state index is -4.08. The number of nitro groups is 1. The van der Waals surface area contributed by atoms with Crippen molar-refractivity contribution >= 4 is 25.6 Å². The maximum absolute atomic E-state index is 13.4. The molecule has 0 saturated heterocycles. The van der Waals surface area contributed by atoms with Gasteiger partial charge in [-0.25, -0.2) is 13.9 Å². The highest BCUT2D eigenvalue weighted by Crippen LogP contribution is 2.55. The lowest BCUT2D eigenvalue weighted by molar-refractivity contribution is -0.392. The molecule has 0 saturated carbocycles. The molecule has 0 bridgehead atoms. The molecule has 0 fully saturated rings. The van der Waals surface area contributed by atoms with Crippen molar-refractivity contribution in [1.29, 1.82) is 0 Å². The van der Waals surface area contributed by atoms with Gasteiger partial charge in [0.25, 0.3) is 5.91 Å². The van der Waals surface area contributed by atoms with Gasteiger partial charge in [-0.3, -0.25) is 13.8 Å². The number of aromatic nitrogens is 2. The lowest BCUT2D eigenvalue weighted by Gasteiger charge is -2.30. The van der Waals surface area contributed by atoms with Crippen molar-refractivity contribution in [3.05, 3.63) is 39.6 Å². The highest BCUT2D eigenvalue weighted by Gasteiger charge is 2.37. The molecule has 2 amide bonds. The third-order valence-corrected chi connectivity index (χ3v) is 7.26. The van der Waals surface area contributed by atoms with E-state index in [1.165, 1.54) is 26.4 Å². The smallest absolute Gasteiger partial charge is 0.478 e. The predicted octanol–water partition coefficient (Wildman–Crippen LogP) is 5.20. The zero-order chi connectivity index (χ0) is 35.8. The SMILES string of the molecule is COc1cc(Cn2nc(C(=O)NCCNC(=O)OC(C)(C)C)cc2[N+](=O)[O-])cc(OC)c1OCOP(=O)(OC(C)(C)C)OC(C)(C)C. The number of methoxy groups -OCH3 is 2. The van der Waals surface area contributed by atoms with Crippen molar-refractivity contribution < 1.29 is 51.6 Å². The molecular weight excluding hydrogens is 641 g/mol. The average molecular weight is 688 g/mol. The number of amides is 2. The van der Waals surface area contributed by atoms with Crippen LogP contribution < -0.4 is 24.8 Å². The van der Waals surface area contributed by atoms with Crippen molar-refractivity contribution in [1.82, 2.24) is 20.4 Å². The van der Waals surface area contributed by atoms with E-state index in [-0.39, 0.29) is 42.6 Å². The Morgan fingerprint density at radius 1 is 0.894 bits per heavy atom. The number of rotatable bonds is 15. The summed E-state index contributed by atoms with van der Waals surface area (Å²) in [6.45, 7) is 14.7. The van der Waals surface area contributed by atoms with E-state index in [2.05, 4.69) is 15.7 Å². The van der Waals surface area contributed by atoms with E-state index in [4.69, 9.17) is 32.5 Å². The molecule has 1 heterocycles. The van der Waals surface area contributed by atoms with Gasteiger partial charge in [-0.05, 0) is 79.4 Å². The van der Waals surface area contributed by atoms with Crippen LogP contribution in [0.25, 0.3) is 0 Å². The van der Waals surface area contributed by atoms with E-state index in [1.807, 2.05) is 0 Å². The Labute approximate surface area is 274 Å². The highest BCUT2D eigenvalue weighted by atomic mass is 31.2. The number of nitrogens with one attached hydrogen (secondary N) is 2. The summed E-state index contributed by atoms with van der Waals surface area (Å²) >= 11 is 0. The largest absolute Gasteiger partial charge is 0.493 e. The Kier molecular flexibility index (Phi) is 13.2. The van der Waals surface area contributed by atoms with Crippen molar-refractivity contribution in [3.63, 3.8) is 0 Å². The number of hydrogen-bond acceptors (Lipinski definition) is 13. The van der Waals surface area contributed by atoms with Crippen LogP contribution in [-0.2, 0) is 29.4 Å². The quantitative estimate of drug-likeness (QED) is 0.0814. The lowest BCUT2D eigenvalue weighted by atomic mass is 10.2. The fourth-order valence-electron chi connectivity index (χ4n) is 3.76. The number of carbonyl (C=O) groups is 2. The summed E-state index contributed by atoms with van der Waals surface area (Å²) in [6.07, 6.45) is -0.648. The number of carbonyl (C=O) groups excluding carboxylic acids is 2. The molecule has 0 unspecified atom stereocenters. The molecule has 47 heavy (non-hydrogen) atoms. The second kappa shape index (κ2) is 15.8. The number of phosphoric acid groups is 1.